The summed E-state index contributed by atoms with van der Waals surface area (Å²) in [6.45, 7) is 6.45. The van der Waals surface area contributed by atoms with Gasteiger partial charge in [0.2, 0.25) is 5.88 Å². The van der Waals surface area contributed by atoms with E-state index in [4.69, 9.17) is 9.47 Å². The van der Waals surface area contributed by atoms with Crippen LogP contribution in [0.5, 0.6) is 17.4 Å². The zero-order valence-electron chi connectivity index (χ0n) is 12.8. The Hall–Kier alpha value is -1.55. The van der Waals surface area contributed by atoms with Crippen molar-refractivity contribution in [1.82, 2.24) is 4.98 Å². The third-order valence-corrected chi connectivity index (χ3v) is 3.81. The molecular weight excluding hydrogens is 330 g/mol. The molecule has 0 radical (unpaired) electrons. The molecule has 0 amide bonds. The van der Waals surface area contributed by atoms with Crippen molar-refractivity contribution in [3.8, 4) is 17.4 Å². The van der Waals surface area contributed by atoms with Gasteiger partial charge in [0.1, 0.15) is 11.5 Å². The number of nitrogens with zero attached hydrogens (tertiary/aromatic N) is 1. The van der Waals surface area contributed by atoms with Crippen molar-refractivity contribution in [3.63, 3.8) is 0 Å². The summed E-state index contributed by atoms with van der Waals surface area (Å²) in [5.41, 5.74) is 2.17. The molecule has 112 valence electrons. The molecule has 0 saturated heterocycles. The fourth-order valence-electron chi connectivity index (χ4n) is 1.97. The lowest BCUT2D eigenvalue weighted by Gasteiger charge is -2.23. The third kappa shape index (κ3) is 3.97. The van der Waals surface area contributed by atoms with E-state index in [0.717, 1.165) is 28.0 Å². The number of ether oxygens (including phenoxy) is 2. The van der Waals surface area contributed by atoms with Crippen LogP contribution in [0, 0.1) is 0 Å². The van der Waals surface area contributed by atoms with Gasteiger partial charge in [-0.2, -0.15) is 0 Å². The van der Waals surface area contributed by atoms with Crippen molar-refractivity contribution in [2.75, 3.05) is 7.11 Å². The van der Waals surface area contributed by atoms with Crippen molar-refractivity contribution in [2.45, 2.75) is 31.5 Å². The zero-order valence-corrected chi connectivity index (χ0v) is 14.4. The van der Waals surface area contributed by atoms with Gasteiger partial charge in [0.05, 0.1) is 7.11 Å². The van der Waals surface area contributed by atoms with Gasteiger partial charge in [-0.05, 0) is 29.2 Å². The lowest BCUT2D eigenvalue weighted by atomic mass is 9.86. The molecule has 3 nitrogen and oxygen atoms in total. The summed E-state index contributed by atoms with van der Waals surface area (Å²) in [5.74, 6) is 2.23. The fourth-order valence-corrected chi connectivity index (χ4v) is 2.31. The molecule has 0 unspecified atom stereocenters. The van der Waals surface area contributed by atoms with E-state index >= 15 is 0 Å². The van der Waals surface area contributed by atoms with Crippen LogP contribution in [-0.4, -0.2) is 12.1 Å². The number of aromatic nitrogens is 1. The summed E-state index contributed by atoms with van der Waals surface area (Å²) >= 11 is 3.41. The molecule has 0 spiro atoms. The first-order chi connectivity index (χ1) is 9.94. The molecule has 0 atom stereocenters. The second-order valence-corrected chi connectivity index (χ2v) is 6.41. The van der Waals surface area contributed by atoms with E-state index in [1.165, 1.54) is 0 Å². The summed E-state index contributed by atoms with van der Waals surface area (Å²) in [4.78, 5) is 4.33. The van der Waals surface area contributed by atoms with Gasteiger partial charge in [-0.1, -0.05) is 42.8 Å². The first kappa shape index (κ1) is 15.8. The first-order valence-electron chi connectivity index (χ1n) is 6.81. The van der Waals surface area contributed by atoms with E-state index in [1.54, 1.807) is 7.11 Å². The Morgan fingerprint density at radius 3 is 2.43 bits per heavy atom. The lowest BCUT2D eigenvalue weighted by molar-refractivity contribution is 0.405. The van der Waals surface area contributed by atoms with Gasteiger partial charge >= 0.3 is 0 Å². The summed E-state index contributed by atoms with van der Waals surface area (Å²) in [5, 5.41) is 0.788. The zero-order chi connectivity index (χ0) is 15.5. The van der Waals surface area contributed by atoms with Crippen LogP contribution in [0.1, 0.15) is 31.9 Å². The van der Waals surface area contributed by atoms with E-state index in [9.17, 15) is 0 Å². The monoisotopic (exact) mass is 349 g/mol. The van der Waals surface area contributed by atoms with Crippen LogP contribution in [0.25, 0.3) is 0 Å². The number of alkyl halides is 1. The first-order valence-corrected chi connectivity index (χ1v) is 7.93. The Balaban J connectivity index is 2.34. The number of pyridine rings is 1. The molecule has 1 heterocycles. The Bertz CT molecular complexity index is 603. The molecule has 2 aromatic rings. The Kier molecular flexibility index (Phi) is 4.88. The Morgan fingerprint density at radius 2 is 1.90 bits per heavy atom. The fraction of sp³-hybridized carbons (Fsp3) is 0.353. The highest BCUT2D eigenvalue weighted by Gasteiger charge is 2.20. The maximum atomic E-state index is 5.95. The number of methoxy groups -OCH3 is 1. The van der Waals surface area contributed by atoms with Crippen molar-refractivity contribution in [3.05, 3.63) is 47.7 Å². The molecule has 4 heteroatoms. The molecule has 0 fully saturated rings. The lowest BCUT2D eigenvalue weighted by Crippen LogP contribution is -2.13. The van der Waals surface area contributed by atoms with Gasteiger partial charge in [0.25, 0.3) is 0 Å². The van der Waals surface area contributed by atoms with E-state index in [2.05, 4.69) is 41.7 Å². The number of rotatable bonds is 4. The highest BCUT2D eigenvalue weighted by atomic mass is 79.9. The van der Waals surface area contributed by atoms with Gasteiger partial charge < -0.3 is 9.47 Å². The average molecular weight is 350 g/mol. The van der Waals surface area contributed by atoms with E-state index < -0.39 is 0 Å². The topological polar surface area (TPSA) is 31.4 Å². The highest BCUT2D eigenvalue weighted by Crippen LogP contribution is 2.36. The van der Waals surface area contributed by atoms with Crippen LogP contribution < -0.4 is 9.47 Å². The van der Waals surface area contributed by atoms with Crippen LogP contribution in [0.2, 0.25) is 0 Å². The summed E-state index contributed by atoms with van der Waals surface area (Å²) in [7, 11) is 1.67. The van der Waals surface area contributed by atoms with Crippen LogP contribution in [-0.2, 0) is 10.7 Å². The highest BCUT2D eigenvalue weighted by molar-refractivity contribution is 9.08. The normalized spacial score (nSPS) is 11.3. The SMILES string of the molecule is COc1ccc(Oc2ccc(CBr)cn2)c(C(C)(C)C)c1. The van der Waals surface area contributed by atoms with Crippen molar-refractivity contribution in [2.24, 2.45) is 0 Å². The molecule has 0 N–H and O–H groups in total. The molecule has 2 rings (SSSR count). The van der Waals surface area contributed by atoms with Crippen molar-refractivity contribution < 1.29 is 9.47 Å². The maximum Gasteiger partial charge on any atom is 0.219 e. The van der Waals surface area contributed by atoms with Gasteiger partial charge in [-0.25, -0.2) is 4.98 Å². The molecule has 1 aromatic heterocycles. The molecule has 0 aliphatic carbocycles. The minimum Gasteiger partial charge on any atom is -0.497 e. The van der Waals surface area contributed by atoms with Crippen molar-refractivity contribution >= 4 is 15.9 Å². The molecule has 0 aliphatic heterocycles. The minimum atomic E-state index is -0.0420. The predicted molar refractivity (Wildman–Crippen MR) is 88.6 cm³/mol. The quantitative estimate of drug-likeness (QED) is 0.721. The third-order valence-electron chi connectivity index (χ3n) is 3.16. The van der Waals surface area contributed by atoms with Crippen LogP contribution in [0.3, 0.4) is 0 Å². The Labute approximate surface area is 134 Å². The number of hydrogen-bond donors (Lipinski definition) is 0. The molecule has 0 aliphatic rings. The van der Waals surface area contributed by atoms with Crippen LogP contribution >= 0.6 is 15.9 Å². The Morgan fingerprint density at radius 1 is 1.14 bits per heavy atom. The van der Waals surface area contributed by atoms with E-state index in [1.807, 2.05) is 36.5 Å². The van der Waals surface area contributed by atoms with Gasteiger partial charge in [0.15, 0.2) is 0 Å². The molecule has 1 aromatic carbocycles. The molecule has 21 heavy (non-hydrogen) atoms. The van der Waals surface area contributed by atoms with Crippen LogP contribution in [0.4, 0.5) is 0 Å². The summed E-state index contributed by atoms with van der Waals surface area (Å²) in [6, 6.07) is 9.73. The van der Waals surface area contributed by atoms with E-state index in [-0.39, 0.29) is 5.41 Å². The average Bonchev–Trinajstić information content (AvgIpc) is 2.47. The maximum absolute atomic E-state index is 5.95. The smallest absolute Gasteiger partial charge is 0.219 e. The largest absolute Gasteiger partial charge is 0.497 e. The minimum absolute atomic E-state index is 0.0420. The standard InChI is InChI=1S/C17H20BrNO2/c1-17(2,3)14-9-13(20-4)6-7-15(14)21-16-8-5-12(10-18)11-19-16/h5-9,11H,10H2,1-4H3. The number of hydrogen-bond acceptors (Lipinski definition) is 3. The van der Waals surface area contributed by atoms with Gasteiger partial charge in [-0.15, -0.1) is 0 Å². The second kappa shape index (κ2) is 6.48. The van der Waals surface area contributed by atoms with Gasteiger partial charge in [-0.3, -0.25) is 0 Å². The molecule has 0 saturated carbocycles. The predicted octanol–water partition coefficient (Wildman–Crippen LogP) is 5.07. The van der Waals surface area contributed by atoms with Crippen LogP contribution in [0.15, 0.2) is 36.5 Å². The van der Waals surface area contributed by atoms with Crippen molar-refractivity contribution in [1.29, 1.82) is 0 Å². The second-order valence-electron chi connectivity index (χ2n) is 5.85. The summed E-state index contributed by atoms with van der Waals surface area (Å²) in [6.07, 6.45) is 1.81. The summed E-state index contributed by atoms with van der Waals surface area (Å²) < 4.78 is 11.3. The number of benzene rings is 1. The number of halogens is 1. The molecule has 0 bridgehead atoms. The molecular formula is C17H20BrNO2. The van der Waals surface area contributed by atoms with E-state index in [0.29, 0.717) is 5.88 Å². The van der Waals surface area contributed by atoms with Gasteiger partial charge in [0, 0.05) is 23.2 Å².